The molecule has 18 heavy (non-hydrogen) atoms. The maximum Gasteiger partial charge on any atom is 0.239 e. The number of nitrogens with zero attached hydrogens (tertiary/aromatic N) is 1. The van der Waals surface area contributed by atoms with E-state index in [4.69, 9.17) is 0 Å². The second-order valence-corrected chi connectivity index (χ2v) is 6.06. The quantitative estimate of drug-likeness (QED) is 0.730. The molecule has 0 bridgehead atoms. The van der Waals surface area contributed by atoms with E-state index >= 15 is 0 Å². The molecular weight excluding hydrogens is 228 g/mol. The first-order valence-corrected chi connectivity index (χ1v) is 6.91. The summed E-state index contributed by atoms with van der Waals surface area (Å²) in [5, 5.41) is 13.0. The van der Waals surface area contributed by atoms with Crippen LogP contribution in [0.5, 0.6) is 0 Å². The predicted molar refractivity (Wildman–Crippen MR) is 75.5 cm³/mol. The molecular formula is C14H30N2O2. The molecule has 0 aliphatic rings. The molecule has 0 aromatic carbocycles. The van der Waals surface area contributed by atoms with E-state index in [1.54, 1.807) is 4.90 Å². The number of hydrogen-bond donors (Lipinski definition) is 2. The van der Waals surface area contributed by atoms with Gasteiger partial charge in [-0.1, -0.05) is 20.8 Å². The summed E-state index contributed by atoms with van der Waals surface area (Å²) in [6.07, 6.45) is 0.323. The van der Waals surface area contributed by atoms with E-state index in [1.165, 1.54) is 0 Å². The molecule has 4 nitrogen and oxygen atoms in total. The van der Waals surface area contributed by atoms with E-state index in [9.17, 15) is 9.90 Å². The summed E-state index contributed by atoms with van der Waals surface area (Å²) < 4.78 is 0. The first kappa shape index (κ1) is 17.4. The lowest BCUT2D eigenvalue weighted by Gasteiger charge is -2.26. The Morgan fingerprint density at radius 2 is 1.78 bits per heavy atom. The third-order valence-electron chi connectivity index (χ3n) is 2.95. The summed E-state index contributed by atoms with van der Waals surface area (Å²) in [5.41, 5.74) is 0.104. The van der Waals surface area contributed by atoms with E-state index in [-0.39, 0.29) is 17.4 Å². The van der Waals surface area contributed by atoms with Gasteiger partial charge in [0.25, 0.3) is 0 Å². The second kappa shape index (κ2) is 7.74. The maximum atomic E-state index is 12.0. The van der Waals surface area contributed by atoms with Crippen molar-refractivity contribution in [1.29, 1.82) is 0 Å². The number of carbonyl (C=O) groups is 1. The highest BCUT2D eigenvalue weighted by Gasteiger charge is 2.20. The van der Waals surface area contributed by atoms with Crippen LogP contribution in [0.15, 0.2) is 0 Å². The third kappa shape index (κ3) is 6.97. The Morgan fingerprint density at radius 1 is 1.28 bits per heavy atom. The molecule has 0 spiro atoms. The molecule has 0 saturated heterocycles. The number of amides is 1. The zero-order chi connectivity index (χ0) is 14.3. The van der Waals surface area contributed by atoms with Crippen molar-refractivity contribution in [3.63, 3.8) is 0 Å². The summed E-state index contributed by atoms with van der Waals surface area (Å²) >= 11 is 0. The molecule has 4 heteroatoms. The van der Waals surface area contributed by atoms with Crippen LogP contribution in [0.25, 0.3) is 0 Å². The summed E-state index contributed by atoms with van der Waals surface area (Å²) in [6, 6.07) is -0.237. The minimum absolute atomic E-state index is 0.1000. The van der Waals surface area contributed by atoms with Gasteiger partial charge in [-0.05, 0) is 32.6 Å². The standard InChI is InChI=1S/C14H30N2O2/c1-7-16(8-2)13(18)11(3)15-10-12(17)9-14(4,5)6/h11-12,15,17H,7-10H2,1-6H3. The van der Waals surface area contributed by atoms with Crippen LogP contribution in [0.2, 0.25) is 0 Å². The molecule has 0 saturated carbocycles. The van der Waals surface area contributed by atoms with Gasteiger partial charge in [-0.2, -0.15) is 0 Å². The molecule has 2 atom stereocenters. The zero-order valence-electron chi connectivity index (χ0n) is 12.8. The zero-order valence-corrected chi connectivity index (χ0v) is 12.8. The first-order valence-electron chi connectivity index (χ1n) is 6.91. The molecule has 0 aliphatic carbocycles. The predicted octanol–water partition coefficient (Wildman–Crippen LogP) is 1.63. The van der Waals surface area contributed by atoms with Gasteiger partial charge in [0.1, 0.15) is 0 Å². The van der Waals surface area contributed by atoms with Crippen molar-refractivity contribution in [2.45, 2.75) is 60.1 Å². The molecule has 0 aliphatic heterocycles. The fourth-order valence-corrected chi connectivity index (χ4v) is 1.99. The van der Waals surface area contributed by atoms with Crippen LogP contribution in [-0.2, 0) is 4.79 Å². The maximum absolute atomic E-state index is 12.0. The van der Waals surface area contributed by atoms with E-state index in [2.05, 4.69) is 26.1 Å². The van der Waals surface area contributed by atoms with Crippen LogP contribution < -0.4 is 5.32 Å². The van der Waals surface area contributed by atoms with Crippen molar-refractivity contribution in [2.75, 3.05) is 19.6 Å². The summed E-state index contributed by atoms with van der Waals surface area (Å²) in [7, 11) is 0. The number of aliphatic hydroxyl groups excluding tert-OH is 1. The van der Waals surface area contributed by atoms with E-state index in [1.807, 2.05) is 20.8 Å². The molecule has 0 radical (unpaired) electrons. The number of carbonyl (C=O) groups excluding carboxylic acids is 1. The number of nitrogens with one attached hydrogen (secondary N) is 1. The second-order valence-electron chi connectivity index (χ2n) is 6.06. The molecule has 2 unspecified atom stereocenters. The van der Waals surface area contributed by atoms with Crippen molar-refractivity contribution in [3.8, 4) is 0 Å². The van der Waals surface area contributed by atoms with Gasteiger partial charge in [0.05, 0.1) is 12.1 Å². The van der Waals surface area contributed by atoms with Crippen molar-refractivity contribution < 1.29 is 9.90 Å². The van der Waals surface area contributed by atoms with Crippen LogP contribution in [0.3, 0.4) is 0 Å². The van der Waals surface area contributed by atoms with Crippen LogP contribution in [0.4, 0.5) is 0 Å². The van der Waals surface area contributed by atoms with Gasteiger partial charge in [-0.25, -0.2) is 0 Å². The van der Waals surface area contributed by atoms with Gasteiger partial charge in [0, 0.05) is 19.6 Å². The largest absolute Gasteiger partial charge is 0.392 e. The topological polar surface area (TPSA) is 52.6 Å². The highest BCUT2D eigenvalue weighted by Crippen LogP contribution is 2.20. The lowest BCUT2D eigenvalue weighted by molar-refractivity contribution is -0.132. The monoisotopic (exact) mass is 258 g/mol. The Bertz CT molecular complexity index is 245. The van der Waals surface area contributed by atoms with Crippen LogP contribution in [-0.4, -0.2) is 47.7 Å². The van der Waals surface area contributed by atoms with Gasteiger partial charge < -0.3 is 15.3 Å². The summed E-state index contributed by atoms with van der Waals surface area (Å²) in [5.74, 6) is 0.1000. The summed E-state index contributed by atoms with van der Waals surface area (Å²) in [6.45, 7) is 14.0. The highest BCUT2D eigenvalue weighted by atomic mass is 16.3. The lowest BCUT2D eigenvalue weighted by atomic mass is 9.89. The minimum Gasteiger partial charge on any atom is -0.392 e. The van der Waals surface area contributed by atoms with Crippen molar-refractivity contribution in [3.05, 3.63) is 0 Å². The van der Waals surface area contributed by atoms with E-state index in [0.717, 1.165) is 19.5 Å². The lowest BCUT2D eigenvalue weighted by Crippen LogP contribution is -2.47. The average molecular weight is 258 g/mol. The van der Waals surface area contributed by atoms with Gasteiger partial charge in [-0.3, -0.25) is 4.79 Å². The smallest absolute Gasteiger partial charge is 0.239 e. The number of rotatable bonds is 7. The van der Waals surface area contributed by atoms with Crippen LogP contribution in [0, 0.1) is 5.41 Å². The van der Waals surface area contributed by atoms with Crippen molar-refractivity contribution in [2.24, 2.45) is 5.41 Å². The molecule has 2 N–H and O–H groups in total. The molecule has 0 aromatic rings. The van der Waals surface area contributed by atoms with Crippen LogP contribution >= 0.6 is 0 Å². The number of hydrogen-bond acceptors (Lipinski definition) is 3. The van der Waals surface area contributed by atoms with Gasteiger partial charge in [0.2, 0.25) is 5.91 Å². The normalized spacial score (nSPS) is 15.3. The SMILES string of the molecule is CCN(CC)C(=O)C(C)NCC(O)CC(C)(C)C. The Labute approximate surface area is 112 Å². The number of likely N-dealkylation sites (N-methyl/N-ethyl adjacent to an activating group) is 1. The molecule has 0 fully saturated rings. The molecule has 0 heterocycles. The molecule has 108 valence electrons. The fraction of sp³-hybridized carbons (Fsp3) is 0.929. The fourth-order valence-electron chi connectivity index (χ4n) is 1.99. The minimum atomic E-state index is -0.406. The Kier molecular flexibility index (Phi) is 7.48. The van der Waals surface area contributed by atoms with Gasteiger partial charge >= 0.3 is 0 Å². The third-order valence-corrected chi connectivity index (χ3v) is 2.95. The highest BCUT2D eigenvalue weighted by molar-refractivity contribution is 5.81. The van der Waals surface area contributed by atoms with Crippen molar-refractivity contribution in [1.82, 2.24) is 10.2 Å². The van der Waals surface area contributed by atoms with E-state index < -0.39 is 6.10 Å². The molecule has 1 amide bonds. The van der Waals surface area contributed by atoms with Crippen molar-refractivity contribution >= 4 is 5.91 Å². The Morgan fingerprint density at radius 3 is 2.17 bits per heavy atom. The molecule has 0 rings (SSSR count). The number of aliphatic hydroxyl groups is 1. The Balaban J connectivity index is 4.09. The van der Waals surface area contributed by atoms with E-state index in [0.29, 0.717) is 6.54 Å². The van der Waals surface area contributed by atoms with Crippen LogP contribution in [0.1, 0.15) is 48.0 Å². The first-order chi connectivity index (χ1) is 8.21. The van der Waals surface area contributed by atoms with Gasteiger partial charge in [-0.15, -0.1) is 0 Å². The summed E-state index contributed by atoms with van der Waals surface area (Å²) in [4.78, 5) is 13.8. The van der Waals surface area contributed by atoms with Gasteiger partial charge in [0.15, 0.2) is 0 Å². The average Bonchev–Trinajstić information content (AvgIpc) is 2.25. The molecule has 0 aromatic heterocycles. The Hall–Kier alpha value is -0.610.